The van der Waals surface area contributed by atoms with Crippen LogP contribution in [0.2, 0.25) is 0 Å². The van der Waals surface area contributed by atoms with Gasteiger partial charge in [-0.15, -0.1) is 0 Å². The van der Waals surface area contributed by atoms with Gasteiger partial charge in [-0.25, -0.2) is 0 Å². The molecule has 0 saturated carbocycles. The molecule has 2 aromatic carbocycles. The number of carboxylic acid groups (broad SMARTS) is 1. The normalized spacial score (nSPS) is 18.6. The molecule has 0 amide bonds. The second-order valence-corrected chi connectivity index (χ2v) is 10.8. The summed E-state index contributed by atoms with van der Waals surface area (Å²) in [6.07, 6.45) is -1.49. The minimum Gasteiger partial charge on any atom is -0.507 e. The maximum absolute atomic E-state index is 13.3. The number of rotatable bonds is 13. The summed E-state index contributed by atoms with van der Waals surface area (Å²) in [4.78, 5) is 49.6. The van der Waals surface area contributed by atoms with Crippen molar-refractivity contribution in [1.82, 2.24) is 0 Å². The first-order chi connectivity index (χ1) is 19.9. The Morgan fingerprint density at radius 2 is 1.81 bits per heavy atom. The summed E-state index contributed by atoms with van der Waals surface area (Å²) in [7, 11) is 0. The number of carbonyl (C=O) groups is 4. The predicted molar refractivity (Wildman–Crippen MR) is 147 cm³/mol. The zero-order valence-corrected chi connectivity index (χ0v) is 22.7. The number of hydrogen-bond donors (Lipinski definition) is 6. The Labute approximate surface area is 240 Å². The van der Waals surface area contributed by atoms with Crippen molar-refractivity contribution in [2.24, 2.45) is 5.92 Å². The number of furan rings is 1. The van der Waals surface area contributed by atoms with Crippen LogP contribution in [-0.4, -0.2) is 78.4 Å². The number of aliphatic hydroxyl groups excluding tert-OH is 2. The van der Waals surface area contributed by atoms with E-state index < -0.39 is 73.6 Å². The third-order valence-corrected chi connectivity index (χ3v) is 7.69. The molecule has 0 fully saturated rings. The highest BCUT2D eigenvalue weighted by Gasteiger charge is 2.49. The van der Waals surface area contributed by atoms with E-state index >= 15 is 0 Å². The van der Waals surface area contributed by atoms with Crippen molar-refractivity contribution in [3.8, 4) is 16.9 Å². The van der Waals surface area contributed by atoms with Crippen LogP contribution in [0.3, 0.4) is 0 Å². The SMILES string of the molecule is O=C(O)CC(=O)C(CO)C(O)(CCO)CC1(O)CC(=O)c2c(O)ccc(-c3cccc(CC(=O)c4ccco4)c3)c2C1. The molecule has 11 heteroatoms. The topological polar surface area (TPSA) is 203 Å². The van der Waals surface area contributed by atoms with E-state index in [-0.39, 0.29) is 41.3 Å². The average molecular weight is 581 g/mol. The van der Waals surface area contributed by atoms with Crippen LogP contribution in [0.5, 0.6) is 5.75 Å². The van der Waals surface area contributed by atoms with Crippen molar-refractivity contribution in [2.45, 2.75) is 49.7 Å². The summed E-state index contributed by atoms with van der Waals surface area (Å²) in [5.41, 5.74) is -2.26. The molecule has 11 nitrogen and oxygen atoms in total. The molecule has 0 aliphatic heterocycles. The van der Waals surface area contributed by atoms with E-state index in [0.717, 1.165) is 0 Å². The number of phenolic OH excluding ortho intramolecular Hbond substituents is 1. The maximum Gasteiger partial charge on any atom is 0.310 e. The predicted octanol–water partition coefficient (Wildman–Crippen LogP) is 2.09. The molecule has 3 aromatic rings. The van der Waals surface area contributed by atoms with Crippen molar-refractivity contribution in [3.05, 3.63) is 77.2 Å². The lowest BCUT2D eigenvalue weighted by Crippen LogP contribution is -2.53. The number of aliphatic hydroxyl groups is 4. The van der Waals surface area contributed by atoms with Crippen molar-refractivity contribution < 1.29 is 54.2 Å². The Balaban J connectivity index is 1.70. The van der Waals surface area contributed by atoms with Gasteiger partial charge >= 0.3 is 5.97 Å². The van der Waals surface area contributed by atoms with Gasteiger partial charge in [-0.1, -0.05) is 30.3 Å². The van der Waals surface area contributed by atoms with Gasteiger partial charge < -0.3 is 35.1 Å². The van der Waals surface area contributed by atoms with E-state index in [0.29, 0.717) is 16.7 Å². The van der Waals surface area contributed by atoms with Crippen LogP contribution in [0, 0.1) is 5.92 Å². The Hall–Kier alpha value is -4.16. The third-order valence-electron chi connectivity index (χ3n) is 7.69. The first-order valence-corrected chi connectivity index (χ1v) is 13.3. The summed E-state index contributed by atoms with van der Waals surface area (Å²) >= 11 is 0. The monoisotopic (exact) mass is 580 g/mol. The molecule has 42 heavy (non-hydrogen) atoms. The molecule has 0 saturated heterocycles. The van der Waals surface area contributed by atoms with Crippen LogP contribution in [0.25, 0.3) is 11.1 Å². The number of Topliss-reactive ketones (excluding diaryl/α,β-unsaturated/α-hetero) is 3. The molecule has 3 unspecified atom stereocenters. The summed E-state index contributed by atoms with van der Waals surface area (Å²) in [5, 5.41) is 62.3. The standard InChI is InChI=1S/C31H32O11/c32-9-8-31(41,22(16-33)24(35)13-28(38)39)17-30(40)14-21-20(6-7-23(34)29(21)26(37)15-30)19-4-1-3-18(11-19)12-25(36)27-5-2-10-42-27/h1-7,10-11,22,32-34,40-41H,8-9,12-17H2,(H,38,39). The number of aliphatic carboxylic acids is 1. The first kappa shape index (κ1) is 30.8. The smallest absolute Gasteiger partial charge is 0.310 e. The van der Waals surface area contributed by atoms with Crippen molar-refractivity contribution in [2.75, 3.05) is 13.2 Å². The van der Waals surface area contributed by atoms with Gasteiger partial charge in [-0.3, -0.25) is 19.2 Å². The highest BCUT2D eigenvalue weighted by molar-refractivity contribution is 6.04. The minimum atomic E-state index is -2.24. The van der Waals surface area contributed by atoms with E-state index in [4.69, 9.17) is 9.52 Å². The van der Waals surface area contributed by atoms with E-state index in [1.54, 1.807) is 42.5 Å². The van der Waals surface area contributed by atoms with Crippen LogP contribution >= 0.6 is 0 Å². The molecule has 0 radical (unpaired) electrons. The zero-order valence-electron chi connectivity index (χ0n) is 22.7. The molecule has 0 bridgehead atoms. The lowest BCUT2D eigenvalue weighted by Gasteiger charge is -2.42. The Kier molecular flexibility index (Phi) is 9.07. The fourth-order valence-corrected chi connectivity index (χ4v) is 5.86. The Bertz CT molecular complexity index is 1490. The van der Waals surface area contributed by atoms with Crippen molar-refractivity contribution in [1.29, 1.82) is 0 Å². The average Bonchev–Trinajstić information content (AvgIpc) is 3.44. The first-order valence-electron chi connectivity index (χ1n) is 13.3. The summed E-state index contributed by atoms with van der Waals surface area (Å²) < 4.78 is 5.18. The lowest BCUT2D eigenvalue weighted by atomic mass is 9.68. The number of phenols is 1. The van der Waals surface area contributed by atoms with Gasteiger partial charge in [0.05, 0.1) is 35.6 Å². The number of carboxylic acids is 1. The lowest BCUT2D eigenvalue weighted by molar-refractivity contribution is -0.151. The molecule has 222 valence electrons. The molecule has 6 N–H and O–H groups in total. The highest BCUT2D eigenvalue weighted by Crippen LogP contribution is 2.44. The highest BCUT2D eigenvalue weighted by atomic mass is 16.4. The zero-order chi connectivity index (χ0) is 30.7. The fourth-order valence-electron chi connectivity index (χ4n) is 5.86. The summed E-state index contributed by atoms with van der Waals surface area (Å²) in [5.74, 6) is -5.09. The summed E-state index contributed by atoms with van der Waals surface area (Å²) in [6, 6.07) is 13.0. The van der Waals surface area contributed by atoms with Crippen molar-refractivity contribution >= 4 is 23.3 Å². The molecule has 1 heterocycles. The number of hydrogen-bond acceptors (Lipinski definition) is 10. The molecule has 1 aliphatic rings. The number of carbonyl (C=O) groups excluding carboxylic acids is 3. The third kappa shape index (κ3) is 6.50. The van der Waals surface area contributed by atoms with E-state index in [1.807, 2.05) is 0 Å². The van der Waals surface area contributed by atoms with Gasteiger partial charge in [0.15, 0.2) is 17.3 Å². The largest absolute Gasteiger partial charge is 0.507 e. The fraction of sp³-hybridized carbons (Fsp3) is 0.355. The van der Waals surface area contributed by atoms with Gasteiger partial charge in [-0.05, 0) is 40.5 Å². The molecule has 1 aliphatic carbocycles. The van der Waals surface area contributed by atoms with E-state index in [2.05, 4.69) is 0 Å². The van der Waals surface area contributed by atoms with Crippen LogP contribution < -0.4 is 0 Å². The van der Waals surface area contributed by atoms with Gasteiger partial charge in [-0.2, -0.15) is 0 Å². The maximum atomic E-state index is 13.3. The second kappa shape index (κ2) is 12.4. The van der Waals surface area contributed by atoms with Crippen LogP contribution in [-0.2, 0) is 22.4 Å². The van der Waals surface area contributed by atoms with Gasteiger partial charge in [0, 0.05) is 38.7 Å². The number of ketones is 3. The molecule has 0 spiro atoms. The second-order valence-electron chi connectivity index (χ2n) is 10.8. The van der Waals surface area contributed by atoms with Gasteiger partial charge in [0.2, 0.25) is 5.78 Å². The molecule has 4 rings (SSSR count). The van der Waals surface area contributed by atoms with Crippen molar-refractivity contribution in [3.63, 3.8) is 0 Å². The van der Waals surface area contributed by atoms with Crippen LogP contribution in [0.15, 0.2) is 59.2 Å². The number of fused-ring (bicyclic) bond motifs is 1. The van der Waals surface area contributed by atoms with Gasteiger partial charge in [0.25, 0.3) is 0 Å². The number of benzene rings is 2. The molecular weight excluding hydrogens is 548 g/mol. The summed E-state index contributed by atoms with van der Waals surface area (Å²) in [6.45, 7) is -1.59. The van der Waals surface area contributed by atoms with Gasteiger partial charge in [0.1, 0.15) is 12.2 Å². The Morgan fingerprint density at radius 1 is 1.05 bits per heavy atom. The quantitative estimate of drug-likeness (QED) is 0.128. The van der Waals surface area contributed by atoms with E-state index in [9.17, 15) is 44.7 Å². The molecule has 1 aromatic heterocycles. The molecule has 3 atom stereocenters. The molecular formula is C31H32O11. The van der Waals surface area contributed by atoms with E-state index in [1.165, 1.54) is 12.3 Å². The van der Waals surface area contributed by atoms with Crippen LogP contribution in [0.1, 0.15) is 57.7 Å². The number of aromatic hydroxyl groups is 1. The minimum absolute atomic E-state index is 0.0133. The van der Waals surface area contributed by atoms with Crippen LogP contribution in [0.4, 0.5) is 0 Å². The Morgan fingerprint density at radius 3 is 2.45 bits per heavy atom.